The molecule has 20 heavy (non-hydrogen) atoms. The first-order valence-corrected chi connectivity index (χ1v) is 13.2. The van der Waals surface area contributed by atoms with Crippen LogP contribution in [-0.4, -0.2) is 11.0 Å². The van der Waals surface area contributed by atoms with E-state index in [9.17, 15) is 0 Å². The van der Waals surface area contributed by atoms with Crippen molar-refractivity contribution in [1.82, 2.24) is 0 Å². The molecule has 0 aromatic carbocycles. The van der Waals surface area contributed by atoms with E-state index in [1.165, 1.54) is 38.5 Å². The van der Waals surface area contributed by atoms with Crippen LogP contribution in [0.2, 0.25) is 0 Å². The Balaban J connectivity index is 3.42. The van der Waals surface area contributed by atoms with Crippen LogP contribution in [0.1, 0.15) is 51.4 Å². The van der Waals surface area contributed by atoms with Crippen LogP contribution in [0.15, 0.2) is 0 Å². The Labute approximate surface area is 205 Å². The molecule has 0 aliphatic heterocycles. The highest BCUT2D eigenvalue weighted by molar-refractivity contribution is 14.3. The molecule has 0 aromatic rings. The standard InChI is InChI=1S/C12H22I6N2/c13-11(14,15)9(19)7-5-3-1-2-4-6-8-10(20)12(16,17)18/h9-10H,1-8,19-20H2. The largest absolute Gasteiger partial charge is 0.325 e. The lowest BCUT2D eigenvalue weighted by atomic mass is 10.0. The van der Waals surface area contributed by atoms with E-state index in [-0.39, 0.29) is -1.13 Å². The zero-order valence-electron chi connectivity index (χ0n) is 11.2. The molecule has 2 atom stereocenters. The van der Waals surface area contributed by atoms with Crippen molar-refractivity contribution in [3.8, 4) is 0 Å². The zero-order chi connectivity index (χ0) is 15.8. The molecule has 0 radical (unpaired) electrons. The Kier molecular flexibility index (Phi) is 15.3. The molecule has 0 aliphatic rings. The Morgan fingerprint density at radius 2 is 0.800 bits per heavy atom. The number of alkyl halides is 6. The maximum Gasteiger partial charge on any atom is 0.139 e. The highest BCUT2D eigenvalue weighted by Crippen LogP contribution is 2.40. The maximum atomic E-state index is 6.15. The average Bonchev–Trinajstić information content (AvgIpc) is 2.29. The van der Waals surface area contributed by atoms with E-state index in [0.717, 1.165) is 12.8 Å². The van der Waals surface area contributed by atoms with Crippen LogP contribution in [0.25, 0.3) is 0 Å². The lowest BCUT2D eigenvalue weighted by Crippen LogP contribution is -2.33. The molecule has 2 unspecified atom stereocenters. The second-order valence-electron chi connectivity index (χ2n) is 4.99. The summed E-state index contributed by atoms with van der Waals surface area (Å²) in [5.41, 5.74) is 12.3. The summed E-state index contributed by atoms with van der Waals surface area (Å²) in [5, 5.41) is 0. The molecule has 8 heteroatoms. The van der Waals surface area contributed by atoms with Crippen LogP contribution in [0.3, 0.4) is 0 Å². The Hall–Kier alpha value is 4.30. The highest BCUT2D eigenvalue weighted by Gasteiger charge is 2.26. The predicted octanol–water partition coefficient (Wildman–Crippen LogP) is 6.68. The molecule has 0 aliphatic carbocycles. The summed E-state index contributed by atoms with van der Waals surface area (Å²) in [6.07, 6.45) is 10.1. The van der Waals surface area contributed by atoms with E-state index in [2.05, 4.69) is 136 Å². The SMILES string of the molecule is NC(CCCCCCCCC(N)C(I)(I)I)C(I)(I)I. The van der Waals surface area contributed by atoms with Gasteiger partial charge in [-0.25, -0.2) is 0 Å². The molecular weight excluding hydrogens is 934 g/mol. The molecule has 0 saturated heterocycles. The second-order valence-corrected chi connectivity index (χ2v) is 27.6. The average molecular weight is 956 g/mol. The quantitative estimate of drug-likeness (QED) is 0.138. The molecule has 0 heterocycles. The first kappa shape index (κ1) is 24.3. The number of hydrogen-bond acceptors (Lipinski definition) is 2. The van der Waals surface area contributed by atoms with Crippen LogP contribution >= 0.6 is 136 Å². The van der Waals surface area contributed by atoms with Crippen molar-refractivity contribution in [3.63, 3.8) is 0 Å². The first-order chi connectivity index (χ1) is 9.05. The van der Waals surface area contributed by atoms with Gasteiger partial charge in [0.2, 0.25) is 0 Å². The Bertz CT molecular complexity index is 225. The fourth-order valence-corrected chi connectivity index (χ4v) is 3.63. The summed E-state index contributed by atoms with van der Waals surface area (Å²) in [6.45, 7) is 0. The minimum absolute atomic E-state index is 0.161. The molecule has 0 fully saturated rings. The lowest BCUT2D eigenvalue weighted by Gasteiger charge is -2.21. The van der Waals surface area contributed by atoms with Gasteiger partial charge >= 0.3 is 0 Å². The molecule has 0 bridgehead atoms. The first-order valence-electron chi connectivity index (χ1n) is 6.69. The zero-order valence-corrected chi connectivity index (χ0v) is 24.2. The number of halogens is 6. The van der Waals surface area contributed by atoms with Crippen molar-refractivity contribution >= 4 is 136 Å². The van der Waals surface area contributed by atoms with Crippen LogP contribution in [0.5, 0.6) is 0 Å². The van der Waals surface area contributed by atoms with Gasteiger partial charge in [-0.05, 0) is 12.8 Å². The van der Waals surface area contributed by atoms with Gasteiger partial charge in [-0.3, -0.25) is 0 Å². The third-order valence-electron chi connectivity index (χ3n) is 3.12. The molecule has 0 amide bonds. The van der Waals surface area contributed by atoms with E-state index in [0.29, 0.717) is 12.1 Å². The van der Waals surface area contributed by atoms with Gasteiger partial charge in [0.1, 0.15) is -1.13 Å². The predicted molar refractivity (Wildman–Crippen MR) is 142 cm³/mol. The normalized spacial score (nSPS) is 16.2. The van der Waals surface area contributed by atoms with Crippen LogP contribution < -0.4 is 11.5 Å². The van der Waals surface area contributed by atoms with Gasteiger partial charge in [-0.1, -0.05) is 174 Å². The highest BCUT2D eigenvalue weighted by atomic mass is 127. The fourth-order valence-electron chi connectivity index (χ4n) is 1.76. The van der Waals surface area contributed by atoms with Crippen LogP contribution in [0, 0.1) is 0 Å². The summed E-state index contributed by atoms with van der Waals surface area (Å²) in [7, 11) is 0. The van der Waals surface area contributed by atoms with Gasteiger partial charge in [0.05, 0.1) is 0 Å². The summed E-state index contributed by atoms with van der Waals surface area (Å²) < 4.78 is 0.322. The van der Waals surface area contributed by atoms with E-state index in [4.69, 9.17) is 11.5 Å². The smallest absolute Gasteiger partial charge is 0.139 e. The van der Waals surface area contributed by atoms with Gasteiger partial charge in [0.25, 0.3) is 0 Å². The van der Waals surface area contributed by atoms with Gasteiger partial charge in [0.15, 0.2) is 0 Å². The molecule has 0 aromatic heterocycles. The molecular formula is C12H22I6N2. The summed E-state index contributed by atoms with van der Waals surface area (Å²) in [5.74, 6) is 0. The van der Waals surface area contributed by atoms with Crippen molar-refractivity contribution in [3.05, 3.63) is 0 Å². The molecule has 0 saturated carbocycles. The molecule has 0 spiro atoms. The van der Waals surface area contributed by atoms with Gasteiger partial charge in [-0.2, -0.15) is 0 Å². The fraction of sp³-hybridized carbons (Fsp3) is 1.00. The third kappa shape index (κ3) is 13.6. The summed E-state index contributed by atoms with van der Waals surface area (Å²) >= 11 is 14.6. The van der Waals surface area contributed by atoms with Gasteiger partial charge in [0, 0.05) is 12.1 Å². The van der Waals surface area contributed by atoms with Crippen molar-refractivity contribution in [2.45, 2.75) is 62.3 Å². The van der Waals surface area contributed by atoms with E-state index in [1.54, 1.807) is 0 Å². The summed E-state index contributed by atoms with van der Waals surface area (Å²) in [6, 6.07) is 0.595. The number of nitrogens with two attached hydrogens (primary N) is 2. The van der Waals surface area contributed by atoms with Gasteiger partial charge < -0.3 is 11.5 Å². The maximum absolute atomic E-state index is 6.15. The second kappa shape index (κ2) is 12.6. The molecule has 0 rings (SSSR count). The molecule has 122 valence electrons. The van der Waals surface area contributed by atoms with E-state index >= 15 is 0 Å². The Morgan fingerprint density at radius 1 is 0.550 bits per heavy atom. The monoisotopic (exact) mass is 956 g/mol. The lowest BCUT2D eigenvalue weighted by molar-refractivity contribution is 0.529. The Morgan fingerprint density at radius 3 is 1.05 bits per heavy atom. The third-order valence-corrected chi connectivity index (χ3v) is 7.92. The van der Waals surface area contributed by atoms with E-state index in [1.807, 2.05) is 0 Å². The number of rotatable bonds is 11. The summed E-state index contributed by atoms with van der Waals surface area (Å²) in [4.78, 5) is 0. The topological polar surface area (TPSA) is 52.0 Å². The van der Waals surface area contributed by atoms with Crippen molar-refractivity contribution in [1.29, 1.82) is 0 Å². The van der Waals surface area contributed by atoms with E-state index < -0.39 is 0 Å². The van der Waals surface area contributed by atoms with Crippen LogP contribution in [0.4, 0.5) is 0 Å². The molecule has 2 nitrogen and oxygen atoms in total. The van der Waals surface area contributed by atoms with Crippen molar-refractivity contribution in [2.24, 2.45) is 11.5 Å². The van der Waals surface area contributed by atoms with Crippen LogP contribution in [-0.2, 0) is 0 Å². The number of hydrogen-bond donors (Lipinski definition) is 2. The van der Waals surface area contributed by atoms with Gasteiger partial charge in [-0.15, -0.1) is 0 Å². The minimum atomic E-state index is 0.161. The molecule has 4 N–H and O–H groups in total. The minimum Gasteiger partial charge on any atom is -0.325 e. The van der Waals surface area contributed by atoms with Crippen molar-refractivity contribution in [2.75, 3.05) is 0 Å². The van der Waals surface area contributed by atoms with Crippen molar-refractivity contribution < 1.29 is 0 Å². The number of unbranched alkanes of at least 4 members (excludes halogenated alkanes) is 5.